The molecule has 6 nitrogen and oxygen atoms in total. The normalized spacial score (nSPS) is 18.7. The monoisotopic (exact) mass is 289 g/mol. The molecule has 0 aliphatic carbocycles. The molecule has 2 rings (SSSR count). The predicted octanol–water partition coefficient (Wildman–Crippen LogP) is 2.07. The van der Waals surface area contributed by atoms with Gasteiger partial charge in [0.2, 0.25) is 0 Å². The number of nitriles is 1. The third kappa shape index (κ3) is 3.42. The van der Waals surface area contributed by atoms with Crippen LogP contribution in [-0.4, -0.2) is 42.3 Å². The predicted molar refractivity (Wildman–Crippen MR) is 82.6 cm³/mol. The second kappa shape index (κ2) is 6.72. The van der Waals surface area contributed by atoms with Crippen molar-refractivity contribution in [2.24, 2.45) is 0 Å². The minimum Gasteiger partial charge on any atom is -0.370 e. The van der Waals surface area contributed by atoms with Crippen LogP contribution in [0.2, 0.25) is 0 Å². The zero-order valence-corrected chi connectivity index (χ0v) is 13.2. The van der Waals surface area contributed by atoms with Gasteiger partial charge in [-0.3, -0.25) is 0 Å². The molecule has 0 amide bonds. The first kappa shape index (κ1) is 15.5. The van der Waals surface area contributed by atoms with E-state index in [1.165, 1.54) is 0 Å². The standard InChI is InChI=1S/C15H23N5O/c1-5-17-14-11(4)15(19-13(18-14)10(2)3)20-6-7-21-12(8-16)9-20/h10,12H,5-7,9H2,1-4H3,(H,17,18,19). The summed E-state index contributed by atoms with van der Waals surface area (Å²) in [5.74, 6) is 2.88. The third-order valence-corrected chi connectivity index (χ3v) is 3.51. The van der Waals surface area contributed by atoms with E-state index in [0.29, 0.717) is 13.2 Å². The van der Waals surface area contributed by atoms with Gasteiger partial charge in [0.05, 0.1) is 19.2 Å². The number of anilines is 2. The molecule has 1 aromatic heterocycles. The number of hydrogen-bond donors (Lipinski definition) is 1. The number of hydrogen-bond acceptors (Lipinski definition) is 6. The van der Waals surface area contributed by atoms with Gasteiger partial charge in [0.25, 0.3) is 0 Å². The molecule has 1 atom stereocenters. The summed E-state index contributed by atoms with van der Waals surface area (Å²) >= 11 is 0. The van der Waals surface area contributed by atoms with Crippen LogP contribution in [0.4, 0.5) is 11.6 Å². The molecule has 1 unspecified atom stereocenters. The Morgan fingerprint density at radius 2 is 2.24 bits per heavy atom. The summed E-state index contributed by atoms with van der Waals surface area (Å²) < 4.78 is 5.41. The molecular weight excluding hydrogens is 266 g/mol. The highest BCUT2D eigenvalue weighted by Gasteiger charge is 2.24. The van der Waals surface area contributed by atoms with Gasteiger partial charge in [0.1, 0.15) is 17.5 Å². The van der Waals surface area contributed by atoms with E-state index in [1.807, 2.05) is 6.92 Å². The van der Waals surface area contributed by atoms with Gasteiger partial charge in [-0.05, 0) is 13.8 Å². The Kier molecular flexibility index (Phi) is 4.97. The fourth-order valence-electron chi connectivity index (χ4n) is 2.35. The number of morpholine rings is 1. The average Bonchev–Trinajstić information content (AvgIpc) is 2.49. The summed E-state index contributed by atoms with van der Waals surface area (Å²) in [7, 11) is 0. The second-order valence-corrected chi connectivity index (χ2v) is 5.50. The summed E-state index contributed by atoms with van der Waals surface area (Å²) in [6.07, 6.45) is -0.391. The number of ether oxygens (including phenoxy) is 1. The van der Waals surface area contributed by atoms with E-state index in [-0.39, 0.29) is 5.92 Å². The molecular formula is C15H23N5O. The lowest BCUT2D eigenvalue weighted by molar-refractivity contribution is 0.0761. The highest BCUT2D eigenvalue weighted by atomic mass is 16.5. The number of nitrogens with zero attached hydrogens (tertiary/aromatic N) is 4. The first-order chi connectivity index (χ1) is 10.1. The number of rotatable bonds is 4. The van der Waals surface area contributed by atoms with Gasteiger partial charge >= 0.3 is 0 Å². The molecule has 6 heteroatoms. The average molecular weight is 289 g/mol. The highest BCUT2D eigenvalue weighted by Crippen LogP contribution is 2.27. The Labute approximate surface area is 126 Å². The smallest absolute Gasteiger partial charge is 0.161 e. The van der Waals surface area contributed by atoms with Crippen LogP contribution in [0.5, 0.6) is 0 Å². The van der Waals surface area contributed by atoms with E-state index in [2.05, 4.69) is 42.0 Å². The Balaban J connectivity index is 2.39. The minimum atomic E-state index is -0.391. The third-order valence-electron chi connectivity index (χ3n) is 3.51. The SMILES string of the molecule is CCNc1nc(C(C)C)nc(N2CCOC(C#N)C2)c1C. The van der Waals surface area contributed by atoms with Crippen molar-refractivity contribution in [1.29, 1.82) is 5.26 Å². The van der Waals surface area contributed by atoms with Gasteiger partial charge in [-0.2, -0.15) is 5.26 Å². The second-order valence-electron chi connectivity index (χ2n) is 5.50. The molecule has 1 aliphatic rings. The molecule has 2 heterocycles. The summed E-state index contributed by atoms with van der Waals surface area (Å²) in [6, 6.07) is 2.18. The van der Waals surface area contributed by atoms with Crippen LogP contribution in [0.1, 0.15) is 38.1 Å². The van der Waals surface area contributed by atoms with E-state index in [4.69, 9.17) is 15.0 Å². The summed E-state index contributed by atoms with van der Waals surface area (Å²) in [5, 5.41) is 12.4. The van der Waals surface area contributed by atoms with Gasteiger partial charge in [-0.1, -0.05) is 13.8 Å². The maximum absolute atomic E-state index is 9.06. The van der Waals surface area contributed by atoms with E-state index in [1.54, 1.807) is 0 Å². The molecule has 21 heavy (non-hydrogen) atoms. The van der Waals surface area contributed by atoms with Crippen molar-refractivity contribution < 1.29 is 4.74 Å². The quantitative estimate of drug-likeness (QED) is 0.914. The summed E-state index contributed by atoms with van der Waals surface area (Å²) in [5.41, 5.74) is 1.03. The Morgan fingerprint density at radius 3 is 2.86 bits per heavy atom. The van der Waals surface area contributed by atoms with Gasteiger partial charge < -0.3 is 15.0 Å². The maximum atomic E-state index is 9.06. The first-order valence-electron chi connectivity index (χ1n) is 7.45. The highest BCUT2D eigenvalue weighted by molar-refractivity contribution is 5.59. The van der Waals surface area contributed by atoms with Crippen molar-refractivity contribution in [2.75, 3.05) is 36.5 Å². The lowest BCUT2D eigenvalue weighted by Crippen LogP contribution is -2.42. The zero-order chi connectivity index (χ0) is 15.4. The molecule has 0 bridgehead atoms. The van der Waals surface area contributed by atoms with Crippen molar-refractivity contribution in [3.63, 3.8) is 0 Å². The molecule has 1 fully saturated rings. The summed E-state index contributed by atoms with van der Waals surface area (Å²) in [4.78, 5) is 11.5. The van der Waals surface area contributed by atoms with Gasteiger partial charge in [-0.15, -0.1) is 0 Å². The van der Waals surface area contributed by atoms with E-state index < -0.39 is 6.10 Å². The van der Waals surface area contributed by atoms with Crippen molar-refractivity contribution in [1.82, 2.24) is 9.97 Å². The zero-order valence-electron chi connectivity index (χ0n) is 13.2. The maximum Gasteiger partial charge on any atom is 0.161 e. The first-order valence-corrected chi connectivity index (χ1v) is 7.45. The number of aromatic nitrogens is 2. The fraction of sp³-hybridized carbons (Fsp3) is 0.667. The lowest BCUT2D eigenvalue weighted by Gasteiger charge is -2.32. The Morgan fingerprint density at radius 1 is 1.48 bits per heavy atom. The largest absolute Gasteiger partial charge is 0.370 e. The van der Waals surface area contributed by atoms with Crippen LogP contribution in [0, 0.1) is 18.3 Å². The molecule has 0 spiro atoms. The van der Waals surface area contributed by atoms with Crippen molar-refractivity contribution in [3.05, 3.63) is 11.4 Å². The molecule has 1 aromatic rings. The summed E-state index contributed by atoms with van der Waals surface area (Å²) in [6.45, 7) is 10.9. The van der Waals surface area contributed by atoms with Crippen LogP contribution < -0.4 is 10.2 Å². The van der Waals surface area contributed by atoms with Crippen molar-refractivity contribution in [3.8, 4) is 6.07 Å². The fourth-order valence-corrected chi connectivity index (χ4v) is 2.35. The molecule has 1 aliphatic heterocycles. The Hall–Kier alpha value is -1.87. The molecule has 114 valence electrons. The minimum absolute atomic E-state index is 0.259. The van der Waals surface area contributed by atoms with E-state index in [0.717, 1.165) is 36.1 Å². The van der Waals surface area contributed by atoms with Crippen LogP contribution in [0.15, 0.2) is 0 Å². The Bertz CT molecular complexity index is 538. The van der Waals surface area contributed by atoms with Crippen LogP contribution in [0.3, 0.4) is 0 Å². The van der Waals surface area contributed by atoms with Gasteiger partial charge in [-0.25, -0.2) is 9.97 Å². The van der Waals surface area contributed by atoms with Gasteiger partial charge in [0, 0.05) is 24.6 Å². The molecule has 0 saturated carbocycles. The van der Waals surface area contributed by atoms with E-state index in [9.17, 15) is 0 Å². The molecule has 0 radical (unpaired) electrons. The van der Waals surface area contributed by atoms with Crippen LogP contribution in [0.25, 0.3) is 0 Å². The molecule has 1 saturated heterocycles. The topological polar surface area (TPSA) is 74.1 Å². The van der Waals surface area contributed by atoms with Crippen LogP contribution >= 0.6 is 0 Å². The van der Waals surface area contributed by atoms with E-state index >= 15 is 0 Å². The molecule has 0 aromatic carbocycles. The van der Waals surface area contributed by atoms with Crippen molar-refractivity contribution >= 4 is 11.6 Å². The van der Waals surface area contributed by atoms with Crippen LogP contribution in [-0.2, 0) is 4.74 Å². The molecule has 1 N–H and O–H groups in total. The van der Waals surface area contributed by atoms with Crippen molar-refractivity contribution in [2.45, 2.75) is 39.7 Å². The van der Waals surface area contributed by atoms with Gasteiger partial charge in [0.15, 0.2) is 6.10 Å². The number of nitrogens with one attached hydrogen (secondary N) is 1. The lowest BCUT2D eigenvalue weighted by atomic mass is 10.2.